The number of rotatable bonds is 5. The molecule has 0 unspecified atom stereocenters. The molecule has 5 aromatic rings. The van der Waals surface area contributed by atoms with Crippen molar-refractivity contribution in [3.05, 3.63) is 95.4 Å². The highest BCUT2D eigenvalue weighted by atomic mass is 32.1. The van der Waals surface area contributed by atoms with Gasteiger partial charge in [0.2, 0.25) is 5.78 Å². The van der Waals surface area contributed by atoms with Crippen LogP contribution in [-0.4, -0.2) is 22.3 Å². The Morgan fingerprint density at radius 1 is 1.09 bits per heavy atom. The molecule has 0 aliphatic rings. The van der Waals surface area contributed by atoms with E-state index in [-0.39, 0.29) is 5.78 Å². The van der Waals surface area contributed by atoms with Crippen molar-refractivity contribution in [2.45, 2.75) is 0 Å². The van der Waals surface area contributed by atoms with Gasteiger partial charge in [0.1, 0.15) is 22.3 Å². The molecule has 0 saturated carbocycles. The maximum atomic E-state index is 13.3. The van der Waals surface area contributed by atoms with E-state index < -0.39 is 5.82 Å². The number of anilines is 1. The van der Waals surface area contributed by atoms with Crippen molar-refractivity contribution >= 4 is 28.3 Å². The number of fused-ring (bicyclic) bond motifs is 1. The van der Waals surface area contributed by atoms with Crippen LogP contribution in [0.25, 0.3) is 27.3 Å². The topological polar surface area (TPSA) is 69.6 Å². The second-order valence-corrected chi connectivity index (χ2v) is 8.06. The average molecular weight is 444 g/mol. The molecule has 2 aromatic carbocycles. The number of pyridine rings is 1. The SMILES string of the molecule is COc1cccc(-c2csc(-c3c(N)c(C(=O)c4ccc(F)cc4)n4ccccc34)n2)c1. The van der Waals surface area contributed by atoms with Gasteiger partial charge < -0.3 is 14.9 Å². The van der Waals surface area contributed by atoms with E-state index in [0.29, 0.717) is 27.5 Å². The van der Waals surface area contributed by atoms with Crippen molar-refractivity contribution in [1.82, 2.24) is 9.38 Å². The standard InChI is InChI=1S/C25H18FN3O2S/c1-31-18-6-4-5-16(13-18)19-14-32-25(28-19)21-20-7-2-3-12-29(20)23(22(21)27)24(30)15-8-10-17(26)11-9-15/h2-14H,27H2,1H3. The van der Waals surface area contributed by atoms with Crippen molar-refractivity contribution in [3.63, 3.8) is 0 Å². The number of carbonyl (C=O) groups excluding carboxylic acids is 1. The summed E-state index contributed by atoms with van der Waals surface area (Å²) in [6, 6.07) is 18.8. The third-order valence-corrected chi connectivity index (χ3v) is 6.15. The predicted octanol–water partition coefficient (Wildman–Crippen LogP) is 5.69. The zero-order valence-corrected chi connectivity index (χ0v) is 17.9. The van der Waals surface area contributed by atoms with E-state index in [2.05, 4.69) is 0 Å². The highest BCUT2D eigenvalue weighted by Crippen LogP contribution is 2.39. The lowest BCUT2D eigenvalue weighted by atomic mass is 10.1. The Bertz CT molecular complexity index is 1450. The summed E-state index contributed by atoms with van der Waals surface area (Å²) in [4.78, 5) is 18.1. The van der Waals surface area contributed by atoms with Gasteiger partial charge in [0, 0.05) is 22.7 Å². The first-order valence-electron chi connectivity index (χ1n) is 9.86. The summed E-state index contributed by atoms with van der Waals surface area (Å²) < 4.78 is 20.4. The van der Waals surface area contributed by atoms with Crippen molar-refractivity contribution in [1.29, 1.82) is 0 Å². The fraction of sp³-hybridized carbons (Fsp3) is 0.0400. The largest absolute Gasteiger partial charge is 0.497 e. The van der Waals surface area contributed by atoms with Crippen LogP contribution in [0.2, 0.25) is 0 Å². The highest BCUT2D eigenvalue weighted by Gasteiger charge is 2.25. The first kappa shape index (κ1) is 20.0. The summed E-state index contributed by atoms with van der Waals surface area (Å²) in [6.45, 7) is 0. The van der Waals surface area contributed by atoms with Crippen LogP contribution < -0.4 is 10.5 Å². The lowest BCUT2D eigenvalue weighted by Crippen LogP contribution is -2.08. The molecule has 5 nitrogen and oxygen atoms in total. The van der Waals surface area contributed by atoms with E-state index in [1.54, 1.807) is 17.7 Å². The van der Waals surface area contributed by atoms with Crippen LogP contribution >= 0.6 is 11.3 Å². The molecule has 0 spiro atoms. The van der Waals surface area contributed by atoms with Crippen LogP contribution in [0.15, 0.2) is 78.3 Å². The minimum absolute atomic E-state index is 0.278. The molecule has 0 radical (unpaired) electrons. The number of nitrogens with zero attached hydrogens (tertiary/aromatic N) is 2. The molecule has 0 amide bonds. The van der Waals surface area contributed by atoms with Crippen molar-refractivity contribution < 1.29 is 13.9 Å². The van der Waals surface area contributed by atoms with E-state index in [1.807, 2.05) is 47.8 Å². The van der Waals surface area contributed by atoms with Crippen molar-refractivity contribution in [2.24, 2.45) is 0 Å². The molecular weight excluding hydrogens is 425 g/mol. The summed E-state index contributed by atoms with van der Waals surface area (Å²) in [6.07, 6.45) is 1.79. The third kappa shape index (κ3) is 3.33. The number of thiazole rings is 1. The Morgan fingerprint density at radius 3 is 2.69 bits per heavy atom. The quantitative estimate of drug-likeness (QED) is 0.354. The Hall–Kier alpha value is -3.97. The molecule has 3 heterocycles. The van der Waals surface area contributed by atoms with Crippen LogP contribution in [0.5, 0.6) is 5.75 Å². The number of nitrogens with two attached hydrogens (primary N) is 1. The van der Waals surface area contributed by atoms with Crippen LogP contribution in [0.1, 0.15) is 16.1 Å². The van der Waals surface area contributed by atoms with Gasteiger partial charge in [0.25, 0.3) is 0 Å². The van der Waals surface area contributed by atoms with Gasteiger partial charge in [0.15, 0.2) is 0 Å². The molecule has 158 valence electrons. The lowest BCUT2D eigenvalue weighted by Gasteiger charge is -2.03. The van der Waals surface area contributed by atoms with Crippen LogP contribution in [-0.2, 0) is 0 Å². The summed E-state index contributed by atoms with van der Waals surface area (Å²) in [5.41, 5.74) is 10.8. The van der Waals surface area contributed by atoms with E-state index in [4.69, 9.17) is 15.5 Å². The number of carbonyl (C=O) groups is 1. The van der Waals surface area contributed by atoms with Crippen LogP contribution in [0.3, 0.4) is 0 Å². The fourth-order valence-corrected chi connectivity index (χ4v) is 4.62. The van der Waals surface area contributed by atoms with E-state index in [0.717, 1.165) is 22.5 Å². The fourth-order valence-electron chi connectivity index (χ4n) is 3.73. The van der Waals surface area contributed by atoms with Crippen molar-refractivity contribution in [3.8, 4) is 27.6 Å². The number of halogens is 1. The van der Waals surface area contributed by atoms with Gasteiger partial charge >= 0.3 is 0 Å². The molecule has 0 saturated heterocycles. The first-order valence-corrected chi connectivity index (χ1v) is 10.7. The second-order valence-electron chi connectivity index (χ2n) is 7.20. The summed E-state index contributed by atoms with van der Waals surface area (Å²) >= 11 is 1.46. The van der Waals surface area contributed by atoms with Crippen molar-refractivity contribution in [2.75, 3.05) is 12.8 Å². The lowest BCUT2D eigenvalue weighted by molar-refractivity contribution is 0.103. The molecule has 3 aromatic heterocycles. The third-order valence-electron chi connectivity index (χ3n) is 5.29. The van der Waals surface area contributed by atoms with Gasteiger partial charge in [0.05, 0.1) is 29.6 Å². The van der Waals surface area contributed by atoms with Gasteiger partial charge in [-0.25, -0.2) is 9.37 Å². The number of nitrogen functional groups attached to an aromatic ring is 1. The second kappa shape index (κ2) is 7.94. The molecule has 7 heteroatoms. The first-order chi connectivity index (χ1) is 15.6. The Labute approximate surface area is 187 Å². The van der Waals surface area contributed by atoms with Gasteiger partial charge in [-0.05, 0) is 48.5 Å². The number of aromatic nitrogens is 2. The number of benzene rings is 2. The van der Waals surface area contributed by atoms with E-state index in [1.165, 1.54) is 35.6 Å². The molecule has 32 heavy (non-hydrogen) atoms. The molecule has 0 aliphatic heterocycles. The normalized spacial score (nSPS) is 11.1. The highest BCUT2D eigenvalue weighted by molar-refractivity contribution is 7.13. The molecular formula is C25H18FN3O2S. The van der Waals surface area contributed by atoms with Gasteiger partial charge in [-0.1, -0.05) is 18.2 Å². The van der Waals surface area contributed by atoms with Crippen LogP contribution in [0.4, 0.5) is 10.1 Å². The minimum Gasteiger partial charge on any atom is -0.497 e. The summed E-state index contributed by atoms with van der Waals surface area (Å²) in [7, 11) is 1.62. The number of hydrogen-bond donors (Lipinski definition) is 1. The smallest absolute Gasteiger partial charge is 0.211 e. The monoisotopic (exact) mass is 443 g/mol. The Kier molecular flexibility index (Phi) is 4.95. The summed E-state index contributed by atoms with van der Waals surface area (Å²) in [5, 5.41) is 2.67. The zero-order valence-electron chi connectivity index (χ0n) is 17.1. The summed E-state index contributed by atoms with van der Waals surface area (Å²) in [5.74, 6) is 0.0701. The Morgan fingerprint density at radius 2 is 1.91 bits per heavy atom. The van der Waals surface area contributed by atoms with Gasteiger partial charge in [-0.15, -0.1) is 11.3 Å². The zero-order chi connectivity index (χ0) is 22.2. The molecule has 0 bridgehead atoms. The van der Waals surface area contributed by atoms with Crippen LogP contribution in [0, 0.1) is 5.82 Å². The molecule has 0 atom stereocenters. The van der Waals surface area contributed by atoms with Gasteiger partial charge in [-0.2, -0.15) is 0 Å². The maximum Gasteiger partial charge on any atom is 0.211 e. The molecule has 5 rings (SSSR count). The van der Waals surface area contributed by atoms with E-state index >= 15 is 0 Å². The molecule has 2 N–H and O–H groups in total. The molecule has 0 aliphatic carbocycles. The maximum absolute atomic E-state index is 13.3. The minimum atomic E-state index is -0.400. The number of ether oxygens (including phenoxy) is 1. The molecule has 0 fully saturated rings. The predicted molar refractivity (Wildman–Crippen MR) is 125 cm³/mol. The number of hydrogen-bond acceptors (Lipinski definition) is 5. The number of ketones is 1. The van der Waals surface area contributed by atoms with E-state index in [9.17, 15) is 9.18 Å². The van der Waals surface area contributed by atoms with Gasteiger partial charge in [-0.3, -0.25) is 4.79 Å². The Balaban J connectivity index is 1.65. The number of methoxy groups -OCH3 is 1. The average Bonchev–Trinajstić information content (AvgIpc) is 3.41.